The summed E-state index contributed by atoms with van der Waals surface area (Å²) in [5.74, 6) is -0.658. The lowest BCUT2D eigenvalue weighted by Crippen LogP contribution is -2.25. The summed E-state index contributed by atoms with van der Waals surface area (Å²) < 4.78 is 14.3. The highest BCUT2D eigenvalue weighted by atomic mass is 19.1. The molecule has 0 saturated heterocycles. The van der Waals surface area contributed by atoms with Crippen molar-refractivity contribution in [1.82, 2.24) is 4.90 Å². The summed E-state index contributed by atoms with van der Waals surface area (Å²) in [4.78, 5) is 14.0. The summed E-state index contributed by atoms with van der Waals surface area (Å²) >= 11 is 0. The molecule has 0 unspecified atom stereocenters. The zero-order valence-corrected chi connectivity index (χ0v) is 12.7. The van der Waals surface area contributed by atoms with Gasteiger partial charge in [0.25, 0.3) is 5.91 Å². The van der Waals surface area contributed by atoms with Gasteiger partial charge in [-0.15, -0.1) is 0 Å². The zero-order valence-electron chi connectivity index (χ0n) is 12.7. The van der Waals surface area contributed by atoms with Crippen LogP contribution in [-0.4, -0.2) is 17.4 Å². The maximum Gasteiger partial charge on any atom is 0.254 e. The van der Waals surface area contributed by atoms with Crippen LogP contribution in [-0.2, 0) is 6.54 Å². The maximum absolute atomic E-state index is 14.3. The van der Waals surface area contributed by atoms with Crippen molar-refractivity contribution >= 4 is 5.91 Å². The molecule has 24 heavy (non-hydrogen) atoms. The molecule has 0 aromatic heterocycles. The first kappa shape index (κ1) is 15.5. The van der Waals surface area contributed by atoms with Crippen LogP contribution in [0.3, 0.4) is 0 Å². The molecule has 0 fully saturated rings. The number of fused-ring (bicyclic) bond motifs is 1. The Morgan fingerprint density at radius 3 is 2.67 bits per heavy atom. The van der Waals surface area contributed by atoms with E-state index in [-0.39, 0.29) is 24.6 Å². The van der Waals surface area contributed by atoms with Crippen molar-refractivity contribution in [2.24, 2.45) is 0 Å². The van der Waals surface area contributed by atoms with E-state index < -0.39 is 5.82 Å². The Hall–Kier alpha value is -3.44. The molecule has 1 heterocycles. The highest BCUT2D eigenvalue weighted by Crippen LogP contribution is 2.34. The molecule has 0 aliphatic carbocycles. The van der Waals surface area contributed by atoms with Crippen LogP contribution in [0.1, 0.15) is 21.5 Å². The van der Waals surface area contributed by atoms with E-state index in [1.807, 2.05) is 12.1 Å². The predicted molar refractivity (Wildman–Crippen MR) is 86.0 cm³/mol. The van der Waals surface area contributed by atoms with Crippen LogP contribution in [0, 0.1) is 28.5 Å². The van der Waals surface area contributed by atoms with Gasteiger partial charge in [-0.25, -0.2) is 4.39 Å². The molecular weight excluding hydrogens is 305 g/mol. The summed E-state index contributed by atoms with van der Waals surface area (Å²) in [7, 11) is 0. The van der Waals surface area contributed by atoms with Crippen molar-refractivity contribution in [2.45, 2.75) is 6.54 Å². The SMILES string of the molecule is C=C(C#N)CN1Cc2c(cccc2-c2cc(C#N)ccc2F)C1=O. The lowest BCUT2D eigenvalue weighted by atomic mass is 9.95. The third kappa shape index (κ3) is 2.53. The van der Waals surface area contributed by atoms with Crippen LogP contribution in [0.4, 0.5) is 4.39 Å². The number of nitrogens with zero attached hydrogens (tertiary/aromatic N) is 3. The van der Waals surface area contributed by atoms with Gasteiger partial charge < -0.3 is 4.90 Å². The van der Waals surface area contributed by atoms with Gasteiger partial charge in [0.15, 0.2) is 0 Å². The Balaban J connectivity index is 2.08. The molecule has 3 rings (SSSR count). The minimum absolute atomic E-state index is 0.143. The van der Waals surface area contributed by atoms with E-state index in [1.165, 1.54) is 23.1 Å². The quantitative estimate of drug-likeness (QED) is 0.815. The molecule has 4 nitrogen and oxygen atoms in total. The molecule has 2 aromatic rings. The molecule has 0 N–H and O–H groups in total. The number of amides is 1. The fraction of sp³-hybridized carbons (Fsp3) is 0.105. The Labute approximate surface area is 138 Å². The van der Waals surface area contributed by atoms with Gasteiger partial charge in [-0.2, -0.15) is 10.5 Å². The first-order valence-corrected chi connectivity index (χ1v) is 7.24. The van der Waals surface area contributed by atoms with Crippen molar-refractivity contribution in [3.63, 3.8) is 0 Å². The monoisotopic (exact) mass is 317 g/mol. The Morgan fingerprint density at radius 1 is 1.21 bits per heavy atom. The van der Waals surface area contributed by atoms with E-state index in [0.717, 1.165) is 0 Å². The van der Waals surface area contributed by atoms with Gasteiger partial charge in [0.1, 0.15) is 5.82 Å². The van der Waals surface area contributed by atoms with Gasteiger partial charge in [0.2, 0.25) is 0 Å². The van der Waals surface area contributed by atoms with Crippen molar-refractivity contribution in [3.8, 4) is 23.3 Å². The molecule has 5 heteroatoms. The van der Waals surface area contributed by atoms with E-state index in [1.54, 1.807) is 18.2 Å². The molecule has 1 aliphatic rings. The minimum atomic E-state index is -0.449. The van der Waals surface area contributed by atoms with E-state index in [2.05, 4.69) is 6.58 Å². The molecule has 0 bridgehead atoms. The second-order valence-corrected chi connectivity index (χ2v) is 5.51. The fourth-order valence-electron chi connectivity index (χ4n) is 2.84. The van der Waals surface area contributed by atoms with Crippen LogP contribution in [0.25, 0.3) is 11.1 Å². The van der Waals surface area contributed by atoms with Crippen LogP contribution in [0.2, 0.25) is 0 Å². The summed E-state index contributed by atoms with van der Waals surface area (Å²) in [6.07, 6.45) is 0. The molecule has 1 amide bonds. The van der Waals surface area contributed by atoms with Gasteiger partial charge in [0, 0.05) is 23.2 Å². The molecular formula is C19H12FN3O. The van der Waals surface area contributed by atoms with Crippen molar-refractivity contribution < 1.29 is 9.18 Å². The number of hydrogen-bond acceptors (Lipinski definition) is 3. The lowest BCUT2D eigenvalue weighted by Gasteiger charge is -2.14. The zero-order chi connectivity index (χ0) is 17.3. The predicted octanol–water partition coefficient (Wildman–Crippen LogP) is 3.40. The fourth-order valence-corrected chi connectivity index (χ4v) is 2.84. The Morgan fingerprint density at radius 2 is 1.96 bits per heavy atom. The Kier molecular flexibility index (Phi) is 3.85. The number of rotatable bonds is 3. The molecule has 0 radical (unpaired) electrons. The number of nitriles is 2. The van der Waals surface area contributed by atoms with Gasteiger partial charge in [-0.1, -0.05) is 18.7 Å². The molecule has 2 aromatic carbocycles. The Bertz CT molecular complexity index is 950. The van der Waals surface area contributed by atoms with Gasteiger partial charge in [-0.3, -0.25) is 4.79 Å². The van der Waals surface area contributed by atoms with Gasteiger partial charge >= 0.3 is 0 Å². The number of carbonyl (C=O) groups is 1. The molecule has 0 spiro atoms. The van der Waals surface area contributed by atoms with Crippen molar-refractivity contribution in [2.75, 3.05) is 6.54 Å². The first-order chi connectivity index (χ1) is 11.5. The highest BCUT2D eigenvalue weighted by Gasteiger charge is 2.30. The van der Waals surface area contributed by atoms with E-state index >= 15 is 0 Å². The van der Waals surface area contributed by atoms with E-state index in [9.17, 15) is 9.18 Å². The van der Waals surface area contributed by atoms with Gasteiger partial charge in [0.05, 0.1) is 24.2 Å². The standard InChI is InChI=1S/C19H12FN3O/c1-12(8-21)10-23-11-17-14(3-2-4-15(17)19(23)24)16-7-13(9-22)5-6-18(16)20/h2-7H,1,10-11H2. The highest BCUT2D eigenvalue weighted by molar-refractivity contribution is 6.00. The summed E-state index contributed by atoms with van der Waals surface area (Å²) in [6.45, 7) is 4.02. The van der Waals surface area contributed by atoms with E-state index in [4.69, 9.17) is 10.5 Å². The summed E-state index contributed by atoms with van der Waals surface area (Å²) in [5.41, 5.74) is 2.70. The second-order valence-electron chi connectivity index (χ2n) is 5.51. The largest absolute Gasteiger partial charge is 0.329 e. The van der Waals surface area contributed by atoms with E-state index in [0.29, 0.717) is 27.8 Å². The van der Waals surface area contributed by atoms with Crippen LogP contribution >= 0.6 is 0 Å². The number of benzene rings is 2. The third-order valence-electron chi connectivity index (χ3n) is 3.97. The average molecular weight is 317 g/mol. The smallest absolute Gasteiger partial charge is 0.254 e. The molecule has 0 saturated carbocycles. The summed E-state index contributed by atoms with van der Waals surface area (Å²) in [5, 5.41) is 17.9. The van der Waals surface area contributed by atoms with Crippen LogP contribution in [0.5, 0.6) is 0 Å². The first-order valence-electron chi connectivity index (χ1n) is 7.24. The van der Waals surface area contributed by atoms with Crippen molar-refractivity contribution in [1.29, 1.82) is 10.5 Å². The van der Waals surface area contributed by atoms with Crippen LogP contribution < -0.4 is 0 Å². The average Bonchev–Trinajstić information content (AvgIpc) is 2.91. The summed E-state index contributed by atoms with van der Waals surface area (Å²) in [6, 6.07) is 13.2. The number of halogens is 1. The topological polar surface area (TPSA) is 67.9 Å². The van der Waals surface area contributed by atoms with Gasteiger partial charge in [-0.05, 0) is 35.4 Å². The number of carbonyl (C=O) groups excluding carboxylic acids is 1. The maximum atomic E-state index is 14.3. The number of hydrogen-bond donors (Lipinski definition) is 0. The minimum Gasteiger partial charge on any atom is -0.329 e. The van der Waals surface area contributed by atoms with Crippen LogP contribution in [0.15, 0.2) is 48.6 Å². The normalized spacial score (nSPS) is 12.5. The lowest BCUT2D eigenvalue weighted by molar-refractivity contribution is 0.0794. The molecule has 0 atom stereocenters. The molecule has 1 aliphatic heterocycles. The third-order valence-corrected chi connectivity index (χ3v) is 3.97. The van der Waals surface area contributed by atoms with Crippen molar-refractivity contribution in [3.05, 3.63) is 71.1 Å². The second kappa shape index (κ2) is 5.98. The molecule has 116 valence electrons.